The quantitative estimate of drug-likeness (QED) is 0.756. The fraction of sp³-hybridized carbons (Fsp3) is 0.333. The minimum absolute atomic E-state index is 0.406. The number of carbonyl (C=O) groups is 1. The van der Waals surface area contributed by atoms with Crippen molar-refractivity contribution in [1.29, 1.82) is 0 Å². The third kappa shape index (κ3) is 3.28. The lowest BCUT2D eigenvalue weighted by Crippen LogP contribution is -2.07. The van der Waals surface area contributed by atoms with E-state index in [0.717, 1.165) is 35.1 Å². The Morgan fingerprint density at radius 1 is 1.35 bits per heavy atom. The molecule has 0 aliphatic rings. The van der Waals surface area contributed by atoms with Crippen molar-refractivity contribution in [3.05, 3.63) is 45.7 Å². The van der Waals surface area contributed by atoms with Gasteiger partial charge < -0.3 is 4.74 Å². The molecule has 0 spiro atoms. The SMILES string of the molecule is CCc1cc(COc2ccc(Br)cc2C=O)n(CC)n1. The van der Waals surface area contributed by atoms with Gasteiger partial charge in [-0.25, -0.2) is 0 Å². The summed E-state index contributed by atoms with van der Waals surface area (Å²) in [5.74, 6) is 0.588. The van der Waals surface area contributed by atoms with Gasteiger partial charge in [-0.15, -0.1) is 0 Å². The summed E-state index contributed by atoms with van der Waals surface area (Å²) in [7, 11) is 0. The molecule has 0 unspecified atom stereocenters. The second-order valence-corrected chi connectivity index (χ2v) is 5.30. The zero-order chi connectivity index (χ0) is 14.5. The van der Waals surface area contributed by atoms with Gasteiger partial charge in [0.2, 0.25) is 0 Å². The van der Waals surface area contributed by atoms with E-state index >= 15 is 0 Å². The predicted molar refractivity (Wildman–Crippen MR) is 81.1 cm³/mol. The van der Waals surface area contributed by atoms with Crippen LogP contribution in [0.2, 0.25) is 0 Å². The Morgan fingerprint density at radius 3 is 2.80 bits per heavy atom. The Balaban J connectivity index is 2.16. The van der Waals surface area contributed by atoms with E-state index in [0.29, 0.717) is 17.9 Å². The summed E-state index contributed by atoms with van der Waals surface area (Å²) in [6.45, 7) is 5.33. The normalized spacial score (nSPS) is 10.6. The smallest absolute Gasteiger partial charge is 0.153 e. The second-order valence-electron chi connectivity index (χ2n) is 4.39. The Bertz CT molecular complexity index is 608. The number of nitrogens with zero attached hydrogens (tertiary/aromatic N) is 2. The van der Waals surface area contributed by atoms with Crippen LogP contribution in [0.15, 0.2) is 28.7 Å². The van der Waals surface area contributed by atoms with Crippen molar-refractivity contribution in [2.24, 2.45) is 0 Å². The van der Waals surface area contributed by atoms with Crippen molar-refractivity contribution in [3.8, 4) is 5.75 Å². The van der Waals surface area contributed by atoms with Crippen molar-refractivity contribution >= 4 is 22.2 Å². The molecule has 1 heterocycles. The molecule has 2 aromatic rings. The molecule has 0 aliphatic heterocycles. The highest BCUT2D eigenvalue weighted by molar-refractivity contribution is 9.10. The maximum atomic E-state index is 11.0. The van der Waals surface area contributed by atoms with Crippen molar-refractivity contribution < 1.29 is 9.53 Å². The molecule has 0 N–H and O–H groups in total. The van der Waals surface area contributed by atoms with Crippen LogP contribution >= 0.6 is 15.9 Å². The first-order valence-electron chi connectivity index (χ1n) is 6.61. The van der Waals surface area contributed by atoms with Crippen LogP contribution in [0.4, 0.5) is 0 Å². The summed E-state index contributed by atoms with van der Waals surface area (Å²) in [5, 5.41) is 4.48. The molecule has 0 aliphatic carbocycles. The van der Waals surface area contributed by atoms with E-state index in [2.05, 4.69) is 28.0 Å². The first-order chi connectivity index (χ1) is 9.67. The Kier molecular flexibility index (Phi) is 4.95. The minimum Gasteiger partial charge on any atom is -0.487 e. The zero-order valence-electron chi connectivity index (χ0n) is 11.6. The molecule has 5 heteroatoms. The number of rotatable bonds is 6. The lowest BCUT2D eigenvalue weighted by atomic mass is 10.2. The van der Waals surface area contributed by atoms with E-state index in [-0.39, 0.29) is 0 Å². The summed E-state index contributed by atoms with van der Waals surface area (Å²) >= 11 is 3.34. The average molecular weight is 337 g/mol. The number of carbonyl (C=O) groups excluding carboxylic acids is 1. The van der Waals surface area contributed by atoms with Crippen molar-refractivity contribution in [2.75, 3.05) is 0 Å². The minimum atomic E-state index is 0.406. The highest BCUT2D eigenvalue weighted by Crippen LogP contribution is 2.22. The largest absolute Gasteiger partial charge is 0.487 e. The number of aromatic nitrogens is 2. The molecule has 0 amide bonds. The molecule has 0 saturated carbocycles. The van der Waals surface area contributed by atoms with Gasteiger partial charge in [0, 0.05) is 11.0 Å². The molecule has 0 atom stereocenters. The van der Waals surface area contributed by atoms with Gasteiger partial charge in [0.05, 0.1) is 17.0 Å². The number of hydrogen-bond acceptors (Lipinski definition) is 3. The molecular formula is C15H17BrN2O2. The molecule has 0 bridgehead atoms. The molecule has 1 aromatic carbocycles. The van der Waals surface area contributed by atoms with Gasteiger partial charge in [-0.2, -0.15) is 5.10 Å². The van der Waals surface area contributed by atoms with E-state index in [1.54, 1.807) is 12.1 Å². The molecular weight excluding hydrogens is 320 g/mol. The standard InChI is InChI=1S/C15H17BrN2O2/c1-3-13-8-14(18(4-2)17-13)10-20-15-6-5-12(16)7-11(15)9-19/h5-9H,3-4,10H2,1-2H3. The third-order valence-electron chi connectivity index (χ3n) is 3.05. The number of benzene rings is 1. The van der Waals surface area contributed by atoms with Crippen LogP contribution in [-0.2, 0) is 19.6 Å². The van der Waals surface area contributed by atoms with Gasteiger partial charge in [0.1, 0.15) is 12.4 Å². The Hall–Kier alpha value is -1.62. The van der Waals surface area contributed by atoms with Crippen LogP contribution in [0.3, 0.4) is 0 Å². The molecule has 0 radical (unpaired) electrons. The summed E-state index contributed by atoms with van der Waals surface area (Å²) in [6.07, 6.45) is 1.70. The second kappa shape index (κ2) is 6.70. The summed E-state index contributed by atoms with van der Waals surface area (Å²) < 4.78 is 8.55. The molecule has 0 saturated heterocycles. The average Bonchev–Trinajstić information content (AvgIpc) is 2.88. The van der Waals surface area contributed by atoms with Gasteiger partial charge in [-0.3, -0.25) is 9.48 Å². The van der Waals surface area contributed by atoms with Gasteiger partial charge in [-0.05, 0) is 37.6 Å². The molecule has 0 fully saturated rings. The van der Waals surface area contributed by atoms with Crippen LogP contribution in [0.5, 0.6) is 5.75 Å². The molecule has 2 rings (SSSR count). The molecule has 1 aromatic heterocycles. The number of aryl methyl sites for hydroxylation is 2. The summed E-state index contributed by atoms with van der Waals surface area (Å²) in [6, 6.07) is 7.44. The molecule has 4 nitrogen and oxygen atoms in total. The van der Waals surface area contributed by atoms with Crippen molar-refractivity contribution in [3.63, 3.8) is 0 Å². The van der Waals surface area contributed by atoms with Gasteiger partial charge in [0.25, 0.3) is 0 Å². The monoisotopic (exact) mass is 336 g/mol. The fourth-order valence-corrected chi connectivity index (χ4v) is 2.35. The Morgan fingerprint density at radius 2 is 2.15 bits per heavy atom. The van der Waals surface area contributed by atoms with Crippen LogP contribution in [-0.4, -0.2) is 16.1 Å². The first kappa shape index (κ1) is 14.8. The lowest BCUT2D eigenvalue weighted by Gasteiger charge is -2.09. The van der Waals surface area contributed by atoms with Gasteiger partial charge in [-0.1, -0.05) is 22.9 Å². The van der Waals surface area contributed by atoms with E-state index in [4.69, 9.17) is 4.74 Å². The summed E-state index contributed by atoms with van der Waals surface area (Å²) in [4.78, 5) is 11.0. The number of halogens is 1. The first-order valence-corrected chi connectivity index (χ1v) is 7.40. The van der Waals surface area contributed by atoms with Crippen LogP contribution in [0.1, 0.15) is 35.6 Å². The van der Waals surface area contributed by atoms with Crippen LogP contribution in [0, 0.1) is 0 Å². The van der Waals surface area contributed by atoms with E-state index in [1.807, 2.05) is 23.7 Å². The van der Waals surface area contributed by atoms with Crippen molar-refractivity contribution in [2.45, 2.75) is 33.4 Å². The Labute approximate surface area is 126 Å². The zero-order valence-corrected chi connectivity index (χ0v) is 13.2. The summed E-state index contributed by atoms with van der Waals surface area (Å²) in [5.41, 5.74) is 2.61. The van der Waals surface area contributed by atoms with Crippen molar-refractivity contribution in [1.82, 2.24) is 9.78 Å². The highest BCUT2D eigenvalue weighted by atomic mass is 79.9. The van der Waals surface area contributed by atoms with Crippen LogP contribution in [0.25, 0.3) is 0 Å². The molecule has 106 valence electrons. The highest BCUT2D eigenvalue weighted by Gasteiger charge is 2.08. The predicted octanol–water partition coefficient (Wildman–Crippen LogP) is 3.62. The van der Waals surface area contributed by atoms with E-state index in [9.17, 15) is 4.79 Å². The van der Waals surface area contributed by atoms with Gasteiger partial charge in [0.15, 0.2) is 6.29 Å². The fourth-order valence-electron chi connectivity index (χ4n) is 1.97. The van der Waals surface area contributed by atoms with E-state index in [1.165, 1.54) is 0 Å². The van der Waals surface area contributed by atoms with Gasteiger partial charge >= 0.3 is 0 Å². The number of hydrogen-bond donors (Lipinski definition) is 0. The number of ether oxygens (including phenoxy) is 1. The molecule has 20 heavy (non-hydrogen) atoms. The lowest BCUT2D eigenvalue weighted by molar-refractivity contribution is 0.111. The third-order valence-corrected chi connectivity index (χ3v) is 3.54. The maximum absolute atomic E-state index is 11.0. The van der Waals surface area contributed by atoms with E-state index < -0.39 is 0 Å². The number of aldehydes is 1. The topological polar surface area (TPSA) is 44.1 Å². The van der Waals surface area contributed by atoms with Crippen LogP contribution < -0.4 is 4.74 Å². The maximum Gasteiger partial charge on any atom is 0.153 e.